The number of fused-ring (bicyclic) bond motifs is 1. The van der Waals surface area contributed by atoms with Crippen LogP contribution in [0.1, 0.15) is 37.3 Å². The van der Waals surface area contributed by atoms with Crippen LogP contribution in [0.3, 0.4) is 0 Å². The van der Waals surface area contributed by atoms with E-state index in [-0.39, 0.29) is 0 Å². The molecule has 0 aliphatic heterocycles. The second kappa shape index (κ2) is 5.65. The number of pyridine rings is 2. The summed E-state index contributed by atoms with van der Waals surface area (Å²) in [5, 5.41) is 2.26. The van der Waals surface area contributed by atoms with Crippen LogP contribution in [0.15, 0.2) is 48.9 Å². The van der Waals surface area contributed by atoms with E-state index in [0.29, 0.717) is 5.92 Å². The summed E-state index contributed by atoms with van der Waals surface area (Å²) in [7, 11) is 0. The molecule has 2 aromatic heterocycles. The maximum Gasteiger partial charge on any atom is 0.0708 e. The van der Waals surface area contributed by atoms with Crippen LogP contribution in [0, 0.1) is 6.92 Å². The summed E-state index contributed by atoms with van der Waals surface area (Å²) in [6.45, 7) is 6.66. The van der Waals surface area contributed by atoms with Gasteiger partial charge in [0.05, 0.1) is 5.69 Å². The van der Waals surface area contributed by atoms with Gasteiger partial charge in [0.2, 0.25) is 0 Å². The number of benzene rings is 1. The van der Waals surface area contributed by atoms with Gasteiger partial charge in [-0.25, -0.2) is 0 Å². The first-order chi connectivity index (χ1) is 10.2. The number of nitrogens with zero attached hydrogens (tertiary/aromatic N) is 2. The molecular weight excluding hydrogens is 256 g/mol. The highest BCUT2D eigenvalue weighted by molar-refractivity contribution is 5.84. The van der Waals surface area contributed by atoms with Crippen LogP contribution in [-0.2, 0) is 0 Å². The first-order valence-corrected chi connectivity index (χ1v) is 7.49. The highest BCUT2D eigenvalue weighted by Gasteiger charge is 2.08. The van der Waals surface area contributed by atoms with Gasteiger partial charge in [0, 0.05) is 29.5 Å². The zero-order valence-electron chi connectivity index (χ0n) is 12.8. The molecular formula is C19H20N2. The lowest BCUT2D eigenvalue weighted by Crippen LogP contribution is -1.94. The van der Waals surface area contributed by atoms with Crippen LogP contribution in [0.2, 0.25) is 0 Å². The fourth-order valence-electron chi connectivity index (χ4n) is 2.62. The van der Waals surface area contributed by atoms with Crippen LogP contribution < -0.4 is 0 Å². The van der Waals surface area contributed by atoms with Gasteiger partial charge < -0.3 is 0 Å². The molecule has 106 valence electrons. The van der Waals surface area contributed by atoms with Crippen molar-refractivity contribution >= 4 is 10.8 Å². The van der Waals surface area contributed by atoms with Crippen molar-refractivity contribution in [2.45, 2.75) is 33.1 Å². The van der Waals surface area contributed by atoms with Gasteiger partial charge in [-0.2, -0.15) is 0 Å². The van der Waals surface area contributed by atoms with Gasteiger partial charge in [0.15, 0.2) is 0 Å². The zero-order valence-corrected chi connectivity index (χ0v) is 12.8. The van der Waals surface area contributed by atoms with Crippen molar-refractivity contribution in [2.75, 3.05) is 0 Å². The van der Waals surface area contributed by atoms with E-state index >= 15 is 0 Å². The molecule has 0 aliphatic carbocycles. The Labute approximate surface area is 125 Å². The van der Waals surface area contributed by atoms with Crippen LogP contribution in [0.5, 0.6) is 0 Å². The van der Waals surface area contributed by atoms with Crippen molar-refractivity contribution in [3.8, 4) is 11.3 Å². The number of aryl methyl sites for hydroxylation is 1. The van der Waals surface area contributed by atoms with Crippen molar-refractivity contribution in [3.63, 3.8) is 0 Å². The highest BCUT2D eigenvalue weighted by atomic mass is 14.7. The third-order valence-corrected chi connectivity index (χ3v) is 4.10. The highest BCUT2D eigenvalue weighted by Crippen LogP contribution is 2.27. The van der Waals surface area contributed by atoms with Gasteiger partial charge in [-0.15, -0.1) is 0 Å². The third-order valence-electron chi connectivity index (χ3n) is 4.10. The summed E-state index contributed by atoms with van der Waals surface area (Å²) in [4.78, 5) is 8.74. The Morgan fingerprint density at radius 2 is 1.90 bits per heavy atom. The van der Waals surface area contributed by atoms with E-state index in [4.69, 9.17) is 0 Å². The molecule has 1 unspecified atom stereocenters. The van der Waals surface area contributed by atoms with Gasteiger partial charge in [0.25, 0.3) is 0 Å². The van der Waals surface area contributed by atoms with Gasteiger partial charge >= 0.3 is 0 Å². The summed E-state index contributed by atoms with van der Waals surface area (Å²) in [6, 6.07) is 10.9. The molecule has 1 atom stereocenters. The minimum Gasteiger partial charge on any atom is -0.264 e. The largest absolute Gasteiger partial charge is 0.264 e. The van der Waals surface area contributed by atoms with E-state index in [1.807, 2.05) is 24.7 Å². The standard InChI is InChI=1S/C19H20N2/c1-4-14(3)16-7-13(2)8-17(9-16)19-10-15-5-6-20-11-18(15)12-21-19/h5-12,14H,4H2,1-3H3. The Kier molecular flexibility index (Phi) is 3.70. The fourth-order valence-corrected chi connectivity index (χ4v) is 2.62. The van der Waals surface area contributed by atoms with E-state index in [2.05, 4.69) is 55.0 Å². The van der Waals surface area contributed by atoms with E-state index in [1.54, 1.807) is 0 Å². The fraction of sp³-hybridized carbons (Fsp3) is 0.263. The third kappa shape index (κ3) is 2.80. The van der Waals surface area contributed by atoms with Gasteiger partial charge in [-0.3, -0.25) is 9.97 Å². The molecule has 0 bridgehead atoms. The van der Waals surface area contributed by atoms with Crippen molar-refractivity contribution in [1.29, 1.82) is 0 Å². The lowest BCUT2D eigenvalue weighted by molar-refractivity contribution is 0.733. The normalized spacial score (nSPS) is 12.5. The van der Waals surface area contributed by atoms with Crippen LogP contribution in [0.25, 0.3) is 22.0 Å². The molecule has 0 saturated heterocycles. The predicted octanol–water partition coefficient (Wildman–Crippen LogP) is 5.12. The Morgan fingerprint density at radius 1 is 1.05 bits per heavy atom. The van der Waals surface area contributed by atoms with Gasteiger partial charge in [-0.05, 0) is 54.5 Å². The van der Waals surface area contributed by atoms with Crippen molar-refractivity contribution in [1.82, 2.24) is 9.97 Å². The molecule has 3 rings (SSSR count). The van der Waals surface area contributed by atoms with Crippen molar-refractivity contribution in [3.05, 3.63) is 60.0 Å². The minimum absolute atomic E-state index is 0.577. The molecule has 0 radical (unpaired) electrons. The summed E-state index contributed by atoms with van der Waals surface area (Å²) in [6.07, 6.45) is 6.74. The average Bonchev–Trinajstić information content (AvgIpc) is 2.53. The minimum atomic E-state index is 0.577. The van der Waals surface area contributed by atoms with E-state index in [0.717, 1.165) is 17.5 Å². The number of hydrogen-bond acceptors (Lipinski definition) is 2. The molecule has 0 fully saturated rings. The maximum atomic E-state index is 4.60. The molecule has 2 heterocycles. The van der Waals surface area contributed by atoms with E-state index in [9.17, 15) is 0 Å². The molecule has 0 saturated carbocycles. The molecule has 0 spiro atoms. The SMILES string of the molecule is CCC(C)c1cc(C)cc(-c2cc3ccncc3cn2)c1. The summed E-state index contributed by atoms with van der Waals surface area (Å²) in [5.41, 5.74) is 4.91. The predicted molar refractivity (Wildman–Crippen MR) is 88.4 cm³/mol. The first kappa shape index (κ1) is 13.7. The number of hydrogen-bond donors (Lipinski definition) is 0. The number of aromatic nitrogens is 2. The Hall–Kier alpha value is -2.22. The smallest absolute Gasteiger partial charge is 0.0708 e. The van der Waals surface area contributed by atoms with Crippen LogP contribution in [-0.4, -0.2) is 9.97 Å². The maximum absolute atomic E-state index is 4.60. The molecule has 3 aromatic rings. The Bertz CT molecular complexity index is 777. The zero-order chi connectivity index (χ0) is 14.8. The van der Waals surface area contributed by atoms with Crippen LogP contribution >= 0.6 is 0 Å². The Morgan fingerprint density at radius 3 is 2.71 bits per heavy atom. The van der Waals surface area contributed by atoms with E-state index < -0.39 is 0 Å². The molecule has 2 nitrogen and oxygen atoms in total. The lowest BCUT2D eigenvalue weighted by Gasteiger charge is -2.12. The summed E-state index contributed by atoms with van der Waals surface area (Å²) < 4.78 is 0. The monoisotopic (exact) mass is 276 g/mol. The molecule has 0 amide bonds. The summed E-state index contributed by atoms with van der Waals surface area (Å²) >= 11 is 0. The van der Waals surface area contributed by atoms with Gasteiger partial charge in [0.1, 0.15) is 0 Å². The topological polar surface area (TPSA) is 25.8 Å². The second-order valence-corrected chi connectivity index (χ2v) is 5.73. The van der Waals surface area contributed by atoms with Gasteiger partial charge in [-0.1, -0.05) is 25.5 Å². The molecule has 0 N–H and O–H groups in total. The summed E-state index contributed by atoms with van der Waals surface area (Å²) in [5.74, 6) is 0.577. The number of rotatable bonds is 3. The Balaban J connectivity index is 2.11. The van der Waals surface area contributed by atoms with Crippen molar-refractivity contribution in [2.24, 2.45) is 0 Å². The molecule has 1 aromatic carbocycles. The molecule has 2 heteroatoms. The lowest BCUT2D eigenvalue weighted by atomic mass is 9.94. The average molecular weight is 276 g/mol. The van der Waals surface area contributed by atoms with Crippen LogP contribution in [0.4, 0.5) is 0 Å². The molecule has 21 heavy (non-hydrogen) atoms. The van der Waals surface area contributed by atoms with E-state index in [1.165, 1.54) is 22.1 Å². The van der Waals surface area contributed by atoms with Crippen molar-refractivity contribution < 1.29 is 0 Å². The quantitative estimate of drug-likeness (QED) is 0.663. The molecule has 0 aliphatic rings. The second-order valence-electron chi connectivity index (χ2n) is 5.73. The first-order valence-electron chi connectivity index (χ1n) is 7.49.